The standard InChI is InChI=1S/C13H8N6O5/c20-12-11(19(23)24)10(16-13-14-7-15-17(12)13)6-3-8-1-4-9(5-2-8)18(21)22/h1-7H,(H,14,15,16). The van der Waals surface area contributed by atoms with Crippen LogP contribution in [0.1, 0.15) is 11.3 Å². The molecule has 11 heteroatoms. The van der Waals surface area contributed by atoms with Gasteiger partial charge in [0.15, 0.2) is 5.69 Å². The molecule has 0 bridgehead atoms. The molecule has 0 spiro atoms. The average Bonchev–Trinajstić information content (AvgIpc) is 3.01. The first kappa shape index (κ1) is 15.0. The number of nitrogens with zero attached hydrogens (tertiary/aromatic N) is 5. The van der Waals surface area contributed by atoms with E-state index in [-0.39, 0.29) is 17.2 Å². The highest BCUT2D eigenvalue weighted by Crippen LogP contribution is 2.17. The predicted octanol–water partition coefficient (Wildman–Crippen LogP) is 1.40. The maximum atomic E-state index is 12.1. The van der Waals surface area contributed by atoms with Crippen molar-refractivity contribution in [3.05, 3.63) is 72.4 Å². The highest BCUT2D eigenvalue weighted by molar-refractivity contribution is 5.72. The van der Waals surface area contributed by atoms with Gasteiger partial charge < -0.3 is 0 Å². The van der Waals surface area contributed by atoms with Gasteiger partial charge in [-0.3, -0.25) is 30.1 Å². The van der Waals surface area contributed by atoms with Gasteiger partial charge in [0, 0.05) is 12.1 Å². The maximum absolute atomic E-state index is 12.1. The average molecular weight is 328 g/mol. The first-order chi connectivity index (χ1) is 11.5. The van der Waals surface area contributed by atoms with Crippen molar-refractivity contribution >= 4 is 29.3 Å². The summed E-state index contributed by atoms with van der Waals surface area (Å²) in [6.07, 6.45) is 3.94. The third-order valence-corrected chi connectivity index (χ3v) is 3.16. The lowest BCUT2D eigenvalue weighted by Crippen LogP contribution is -2.20. The van der Waals surface area contributed by atoms with Crippen LogP contribution in [0.4, 0.5) is 11.4 Å². The number of nitrogens with one attached hydrogen (secondary N) is 1. The van der Waals surface area contributed by atoms with Crippen LogP contribution in [0.25, 0.3) is 17.9 Å². The van der Waals surface area contributed by atoms with Gasteiger partial charge in [-0.15, -0.1) is 0 Å². The van der Waals surface area contributed by atoms with Crippen LogP contribution < -0.4 is 5.56 Å². The lowest BCUT2D eigenvalue weighted by atomic mass is 10.2. The third-order valence-electron chi connectivity index (χ3n) is 3.16. The molecule has 0 atom stereocenters. The number of hydrogen-bond acceptors (Lipinski definition) is 7. The van der Waals surface area contributed by atoms with Crippen LogP contribution in [0, 0.1) is 20.2 Å². The minimum atomic E-state index is -0.883. The summed E-state index contributed by atoms with van der Waals surface area (Å²) >= 11 is 0. The number of H-pyrrole nitrogens is 1. The highest BCUT2D eigenvalue weighted by Gasteiger charge is 2.22. The van der Waals surface area contributed by atoms with Crippen LogP contribution in [0.15, 0.2) is 35.4 Å². The van der Waals surface area contributed by atoms with E-state index in [9.17, 15) is 25.0 Å². The fourth-order valence-electron chi connectivity index (χ4n) is 2.03. The van der Waals surface area contributed by atoms with Gasteiger partial charge in [-0.1, -0.05) is 6.08 Å². The molecule has 0 aliphatic rings. The van der Waals surface area contributed by atoms with Crippen molar-refractivity contribution in [1.29, 1.82) is 0 Å². The zero-order valence-corrected chi connectivity index (χ0v) is 11.8. The molecule has 0 aliphatic carbocycles. The molecule has 0 amide bonds. The van der Waals surface area contributed by atoms with Crippen LogP contribution >= 0.6 is 0 Å². The van der Waals surface area contributed by atoms with E-state index in [2.05, 4.69) is 15.1 Å². The van der Waals surface area contributed by atoms with E-state index < -0.39 is 21.1 Å². The Kier molecular flexibility index (Phi) is 3.58. The normalized spacial score (nSPS) is 11.2. The van der Waals surface area contributed by atoms with E-state index in [0.29, 0.717) is 5.56 Å². The van der Waals surface area contributed by atoms with Crippen molar-refractivity contribution in [3.8, 4) is 0 Å². The zero-order chi connectivity index (χ0) is 17.3. The largest absolute Gasteiger partial charge is 0.361 e. The van der Waals surface area contributed by atoms with Gasteiger partial charge in [0.05, 0.1) is 9.85 Å². The summed E-state index contributed by atoms with van der Waals surface area (Å²) in [5.74, 6) is -0.00560. The Morgan fingerprint density at radius 1 is 1.08 bits per heavy atom. The van der Waals surface area contributed by atoms with E-state index in [0.717, 1.165) is 4.52 Å². The topological polar surface area (TPSA) is 149 Å². The first-order valence-corrected chi connectivity index (χ1v) is 6.50. The number of nitro groups is 2. The maximum Gasteiger partial charge on any atom is 0.361 e. The lowest BCUT2D eigenvalue weighted by molar-refractivity contribution is -0.386. The van der Waals surface area contributed by atoms with Gasteiger partial charge in [0.1, 0.15) is 6.33 Å². The van der Waals surface area contributed by atoms with E-state index in [1.807, 2.05) is 0 Å². The fourth-order valence-corrected chi connectivity index (χ4v) is 2.03. The second-order valence-corrected chi connectivity index (χ2v) is 4.61. The highest BCUT2D eigenvalue weighted by atomic mass is 16.6. The molecule has 0 aliphatic heterocycles. The lowest BCUT2D eigenvalue weighted by Gasteiger charge is -1.98. The van der Waals surface area contributed by atoms with Gasteiger partial charge in [-0.2, -0.15) is 4.52 Å². The van der Waals surface area contributed by atoms with Crippen molar-refractivity contribution < 1.29 is 9.85 Å². The minimum absolute atomic E-state index is 0.00560. The second-order valence-electron chi connectivity index (χ2n) is 4.61. The molecule has 0 unspecified atom stereocenters. The van der Waals surface area contributed by atoms with Crippen molar-refractivity contribution in [2.45, 2.75) is 0 Å². The molecule has 1 N–H and O–H groups in total. The Bertz CT molecular complexity index is 1030. The molecule has 1 aromatic carbocycles. The number of non-ortho nitro benzene ring substituents is 1. The molecule has 0 fully saturated rings. The molecule has 3 rings (SSSR count). The van der Waals surface area contributed by atoms with E-state index >= 15 is 0 Å². The summed E-state index contributed by atoms with van der Waals surface area (Å²) in [5.41, 5.74) is -1.26. The van der Waals surface area contributed by atoms with Crippen LogP contribution in [-0.2, 0) is 0 Å². The number of hydrogen-bond donors (Lipinski definition) is 1. The molecular formula is C13H8N6O5. The van der Waals surface area contributed by atoms with Crippen molar-refractivity contribution in [3.63, 3.8) is 0 Å². The number of aromatic amines is 1. The second kappa shape index (κ2) is 5.72. The zero-order valence-electron chi connectivity index (χ0n) is 11.8. The number of aromatic nitrogens is 4. The van der Waals surface area contributed by atoms with Crippen molar-refractivity contribution in [2.75, 3.05) is 0 Å². The Morgan fingerprint density at radius 2 is 1.79 bits per heavy atom. The minimum Gasteiger partial charge on any atom is -0.277 e. The van der Waals surface area contributed by atoms with Crippen LogP contribution in [0.2, 0.25) is 0 Å². The van der Waals surface area contributed by atoms with Crippen LogP contribution in [-0.4, -0.2) is 29.4 Å². The van der Waals surface area contributed by atoms with Gasteiger partial charge >= 0.3 is 11.2 Å². The number of nitro benzene ring substituents is 1. The van der Waals surface area contributed by atoms with E-state index in [1.54, 1.807) is 0 Å². The Hall–Kier alpha value is -3.89. The summed E-state index contributed by atoms with van der Waals surface area (Å²) in [5, 5.41) is 24.2. The summed E-state index contributed by atoms with van der Waals surface area (Å²) in [7, 11) is 0. The number of benzene rings is 1. The molecule has 0 saturated heterocycles. The monoisotopic (exact) mass is 328 g/mol. The molecule has 120 valence electrons. The van der Waals surface area contributed by atoms with Gasteiger partial charge in [-0.05, 0) is 23.8 Å². The van der Waals surface area contributed by atoms with Crippen molar-refractivity contribution in [1.82, 2.24) is 19.6 Å². The summed E-state index contributed by atoms with van der Waals surface area (Å²) in [4.78, 5) is 40.2. The number of fused-ring (bicyclic) bond motifs is 1. The molecule has 0 radical (unpaired) electrons. The quantitative estimate of drug-likeness (QED) is 0.561. The van der Waals surface area contributed by atoms with Gasteiger partial charge in [-0.25, -0.2) is 9.97 Å². The Balaban J connectivity index is 2.05. The Morgan fingerprint density at radius 3 is 2.42 bits per heavy atom. The molecule has 0 saturated carbocycles. The number of rotatable bonds is 4. The first-order valence-electron chi connectivity index (χ1n) is 6.50. The predicted molar refractivity (Wildman–Crippen MR) is 82.3 cm³/mol. The van der Waals surface area contributed by atoms with E-state index in [1.165, 1.54) is 42.7 Å². The molecular weight excluding hydrogens is 320 g/mol. The van der Waals surface area contributed by atoms with Crippen LogP contribution in [0.3, 0.4) is 0 Å². The molecule has 2 heterocycles. The van der Waals surface area contributed by atoms with Crippen LogP contribution in [0.5, 0.6) is 0 Å². The van der Waals surface area contributed by atoms with Gasteiger partial charge in [0.2, 0.25) is 0 Å². The molecule has 2 aromatic heterocycles. The van der Waals surface area contributed by atoms with E-state index in [4.69, 9.17) is 0 Å². The summed E-state index contributed by atoms with van der Waals surface area (Å²) in [6, 6.07) is 5.54. The van der Waals surface area contributed by atoms with Gasteiger partial charge in [0.25, 0.3) is 11.5 Å². The third kappa shape index (κ3) is 2.61. The molecule has 24 heavy (non-hydrogen) atoms. The molecule has 3 aromatic rings. The smallest absolute Gasteiger partial charge is 0.277 e. The summed E-state index contributed by atoms with van der Waals surface area (Å²) in [6.45, 7) is 0. The SMILES string of the molecule is O=c1c([N+](=O)[O-])c(C=Cc2ccc([N+](=O)[O-])cc2)nc2nc[nH]n12. The Labute approximate surface area is 132 Å². The van der Waals surface area contributed by atoms with Crippen molar-refractivity contribution in [2.24, 2.45) is 0 Å². The fraction of sp³-hybridized carbons (Fsp3) is 0. The summed E-state index contributed by atoms with van der Waals surface area (Å²) < 4.78 is 0.862. The molecule has 11 nitrogen and oxygen atoms in total.